The van der Waals surface area contributed by atoms with Crippen molar-refractivity contribution in [1.82, 2.24) is 4.90 Å². The summed E-state index contributed by atoms with van der Waals surface area (Å²) in [6.07, 6.45) is 4.39. The van der Waals surface area contributed by atoms with Crippen molar-refractivity contribution >= 4 is 19.7 Å². The third-order valence-corrected chi connectivity index (χ3v) is 7.53. The first-order chi connectivity index (χ1) is 8.33. The molecule has 1 aliphatic heterocycles. The number of rotatable bonds is 5. The van der Waals surface area contributed by atoms with Crippen LogP contribution in [0.25, 0.3) is 0 Å². The van der Waals surface area contributed by atoms with Crippen LogP contribution in [0.2, 0.25) is 0 Å². The van der Waals surface area contributed by atoms with Gasteiger partial charge < -0.3 is 4.90 Å². The summed E-state index contributed by atoms with van der Waals surface area (Å²) in [6, 6.07) is 0. The molecular formula is C11H21NO4S2. The molecule has 0 unspecified atom stereocenters. The van der Waals surface area contributed by atoms with Crippen molar-refractivity contribution in [2.24, 2.45) is 0 Å². The third kappa shape index (κ3) is 3.71. The first-order valence-corrected chi connectivity index (χ1v) is 9.55. The van der Waals surface area contributed by atoms with Crippen LogP contribution in [0.5, 0.6) is 0 Å². The van der Waals surface area contributed by atoms with Gasteiger partial charge in [0.15, 0.2) is 23.9 Å². The van der Waals surface area contributed by atoms with E-state index in [1.807, 2.05) is 0 Å². The van der Waals surface area contributed by atoms with Crippen LogP contribution >= 0.6 is 0 Å². The summed E-state index contributed by atoms with van der Waals surface area (Å²) in [5, 5.41) is 0. The highest BCUT2D eigenvalue weighted by molar-refractivity contribution is 8.14. The molecule has 18 heavy (non-hydrogen) atoms. The van der Waals surface area contributed by atoms with Gasteiger partial charge in [-0.3, -0.25) is 0 Å². The second-order valence-corrected chi connectivity index (χ2v) is 9.10. The highest BCUT2D eigenvalue weighted by Gasteiger charge is 2.28. The minimum Gasteiger partial charge on any atom is -0.376 e. The van der Waals surface area contributed by atoms with E-state index in [4.69, 9.17) is 0 Å². The summed E-state index contributed by atoms with van der Waals surface area (Å²) >= 11 is 0. The molecule has 0 aromatic carbocycles. The molecule has 1 saturated heterocycles. The molecule has 0 saturated carbocycles. The standard InChI is InChI=1S/C11H21NO4S2/c1-3-17(13,14)11(18(15,16)4-2)10-12-8-6-5-7-9-12/h10H,3-9H2,1-2H3. The molecule has 0 spiro atoms. The van der Waals surface area contributed by atoms with Crippen molar-refractivity contribution in [3.63, 3.8) is 0 Å². The van der Waals surface area contributed by atoms with Crippen LogP contribution in [0.4, 0.5) is 0 Å². The topological polar surface area (TPSA) is 71.5 Å². The molecule has 7 heteroatoms. The van der Waals surface area contributed by atoms with Crippen molar-refractivity contribution < 1.29 is 16.8 Å². The summed E-state index contributed by atoms with van der Waals surface area (Å²) in [7, 11) is -7.40. The number of nitrogens with zero attached hydrogens (tertiary/aromatic N) is 1. The quantitative estimate of drug-likeness (QED) is 0.760. The van der Waals surface area contributed by atoms with Gasteiger partial charge in [0, 0.05) is 19.3 Å². The molecule has 0 aliphatic carbocycles. The van der Waals surface area contributed by atoms with E-state index in [1.54, 1.807) is 4.90 Å². The molecule has 0 amide bonds. The summed E-state index contributed by atoms with van der Waals surface area (Å²) in [6.45, 7) is 4.37. The molecule has 0 aromatic heterocycles. The van der Waals surface area contributed by atoms with Crippen molar-refractivity contribution in [2.45, 2.75) is 33.1 Å². The fourth-order valence-electron chi connectivity index (χ4n) is 1.84. The lowest BCUT2D eigenvalue weighted by Gasteiger charge is -2.25. The maximum absolute atomic E-state index is 11.9. The lowest BCUT2D eigenvalue weighted by atomic mass is 10.1. The number of hydrogen-bond acceptors (Lipinski definition) is 5. The number of likely N-dealkylation sites (tertiary alicyclic amines) is 1. The Balaban J connectivity index is 3.17. The average Bonchev–Trinajstić information content (AvgIpc) is 2.37. The summed E-state index contributed by atoms with van der Waals surface area (Å²) < 4.78 is 47.2. The van der Waals surface area contributed by atoms with Crippen molar-refractivity contribution in [3.05, 3.63) is 10.4 Å². The molecule has 0 N–H and O–H groups in total. The molecule has 5 nitrogen and oxygen atoms in total. The predicted octanol–water partition coefficient (Wildman–Crippen LogP) is 1.14. The molecule has 1 fully saturated rings. The van der Waals surface area contributed by atoms with E-state index in [1.165, 1.54) is 20.0 Å². The first-order valence-electron chi connectivity index (χ1n) is 6.25. The summed E-state index contributed by atoms with van der Waals surface area (Å²) in [5.74, 6) is -0.377. The molecular weight excluding hydrogens is 274 g/mol. The zero-order valence-electron chi connectivity index (χ0n) is 10.9. The SMILES string of the molecule is CCS(=O)(=O)C(=CN1CCCCC1)S(=O)(=O)CC. The van der Waals surface area contributed by atoms with E-state index >= 15 is 0 Å². The minimum atomic E-state index is -3.70. The molecule has 106 valence electrons. The van der Waals surface area contributed by atoms with Gasteiger partial charge in [0.05, 0.1) is 11.5 Å². The van der Waals surface area contributed by atoms with Gasteiger partial charge in [-0.15, -0.1) is 0 Å². The number of hydrogen-bond donors (Lipinski definition) is 0. The van der Waals surface area contributed by atoms with E-state index in [0.29, 0.717) is 0 Å². The number of sulfone groups is 2. The highest BCUT2D eigenvalue weighted by Crippen LogP contribution is 2.19. The van der Waals surface area contributed by atoms with Crippen molar-refractivity contribution in [1.29, 1.82) is 0 Å². The van der Waals surface area contributed by atoms with Crippen molar-refractivity contribution in [2.75, 3.05) is 24.6 Å². The molecule has 0 aromatic rings. The second kappa shape index (κ2) is 6.06. The zero-order chi connectivity index (χ0) is 13.8. The van der Waals surface area contributed by atoms with Gasteiger partial charge in [-0.25, -0.2) is 16.8 Å². The maximum atomic E-state index is 11.9. The highest BCUT2D eigenvalue weighted by atomic mass is 32.3. The van der Waals surface area contributed by atoms with Gasteiger partial charge in [0.2, 0.25) is 0 Å². The third-order valence-electron chi connectivity index (χ3n) is 3.05. The lowest BCUT2D eigenvalue weighted by Crippen LogP contribution is -2.28. The van der Waals surface area contributed by atoms with Gasteiger partial charge in [0.25, 0.3) is 0 Å². The van der Waals surface area contributed by atoms with Crippen LogP contribution in [0.3, 0.4) is 0 Å². The van der Waals surface area contributed by atoms with E-state index in [9.17, 15) is 16.8 Å². The largest absolute Gasteiger partial charge is 0.376 e. The monoisotopic (exact) mass is 295 g/mol. The Labute approximate surface area is 110 Å². The fourth-order valence-corrected chi connectivity index (χ4v) is 5.28. The predicted molar refractivity (Wildman–Crippen MR) is 72.4 cm³/mol. The van der Waals surface area contributed by atoms with Gasteiger partial charge in [-0.1, -0.05) is 13.8 Å². The van der Waals surface area contributed by atoms with Crippen LogP contribution < -0.4 is 0 Å². The normalized spacial score (nSPS) is 17.6. The molecule has 0 bridgehead atoms. The van der Waals surface area contributed by atoms with E-state index in [-0.39, 0.29) is 11.5 Å². The van der Waals surface area contributed by atoms with E-state index < -0.39 is 23.9 Å². The molecule has 0 radical (unpaired) electrons. The van der Waals surface area contributed by atoms with Crippen LogP contribution in [0.1, 0.15) is 33.1 Å². The fraction of sp³-hybridized carbons (Fsp3) is 0.818. The molecule has 1 heterocycles. The Kier molecular flexibility index (Phi) is 5.21. The Bertz CT molecular complexity index is 463. The summed E-state index contributed by atoms with van der Waals surface area (Å²) in [4.78, 5) is 1.80. The Morgan fingerprint density at radius 1 is 0.944 bits per heavy atom. The van der Waals surface area contributed by atoms with Crippen LogP contribution in [-0.4, -0.2) is 46.3 Å². The molecule has 1 aliphatic rings. The average molecular weight is 295 g/mol. The Morgan fingerprint density at radius 2 is 1.39 bits per heavy atom. The molecule has 0 atom stereocenters. The van der Waals surface area contributed by atoms with E-state index in [2.05, 4.69) is 0 Å². The Morgan fingerprint density at radius 3 is 1.78 bits per heavy atom. The van der Waals surface area contributed by atoms with Crippen LogP contribution in [-0.2, 0) is 19.7 Å². The Hall–Kier alpha value is -0.560. The van der Waals surface area contributed by atoms with Crippen molar-refractivity contribution in [3.8, 4) is 0 Å². The van der Waals surface area contributed by atoms with Gasteiger partial charge >= 0.3 is 0 Å². The van der Waals surface area contributed by atoms with Gasteiger partial charge in [-0.2, -0.15) is 0 Å². The molecule has 1 rings (SSSR count). The smallest absolute Gasteiger partial charge is 0.190 e. The van der Waals surface area contributed by atoms with E-state index in [0.717, 1.165) is 32.4 Å². The minimum absolute atomic E-state index is 0.189. The zero-order valence-corrected chi connectivity index (χ0v) is 12.6. The van der Waals surface area contributed by atoms with Gasteiger partial charge in [-0.05, 0) is 19.3 Å². The summed E-state index contributed by atoms with van der Waals surface area (Å²) in [5.41, 5.74) is 0. The van der Waals surface area contributed by atoms with Crippen LogP contribution in [0, 0.1) is 0 Å². The number of piperidine rings is 1. The lowest BCUT2D eigenvalue weighted by molar-refractivity contribution is 0.309. The second-order valence-electron chi connectivity index (χ2n) is 4.35. The van der Waals surface area contributed by atoms with Gasteiger partial charge in [0.1, 0.15) is 0 Å². The first kappa shape index (κ1) is 15.5. The maximum Gasteiger partial charge on any atom is 0.190 e. The van der Waals surface area contributed by atoms with Crippen LogP contribution in [0.15, 0.2) is 10.4 Å².